The van der Waals surface area contributed by atoms with Crippen molar-refractivity contribution < 1.29 is 9.94 Å². The number of aromatic nitrogens is 3. The number of hydrogen-bond acceptors (Lipinski definition) is 6. The molecule has 0 fully saturated rings. The molecule has 2 heterocycles. The lowest BCUT2D eigenvalue weighted by Crippen LogP contribution is -2.19. The van der Waals surface area contributed by atoms with Gasteiger partial charge >= 0.3 is 0 Å². The van der Waals surface area contributed by atoms with E-state index >= 15 is 0 Å². The van der Waals surface area contributed by atoms with Crippen molar-refractivity contribution >= 4 is 5.84 Å². The lowest BCUT2D eigenvalue weighted by atomic mass is 10.1. The van der Waals surface area contributed by atoms with Crippen LogP contribution in [0.15, 0.2) is 29.6 Å². The van der Waals surface area contributed by atoms with Gasteiger partial charge in [0.15, 0.2) is 5.84 Å². The molecule has 0 unspecified atom stereocenters. The summed E-state index contributed by atoms with van der Waals surface area (Å²) in [5.41, 5.74) is 8.54. The van der Waals surface area contributed by atoms with E-state index in [2.05, 4.69) is 20.3 Å². The molecule has 2 aromatic heterocycles. The fourth-order valence-electron chi connectivity index (χ4n) is 1.84. The first kappa shape index (κ1) is 14.7. The van der Waals surface area contributed by atoms with Gasteiger partial charge in [0.1, 0.15) is 0 Å². The van der Waals surface area contributed by atoms with Gasteiger partial charge in [-0.15, -0.1) is 5.10 Å². The molecule has 0 aromatic carbocycles. The van der Waals surface area contributed by atoms with E-state index in [1.807, 2.05) is 25.1 Å². The predicted octanol–water partition coefficient (Wildman–Crippen LogP) is 1.20. The van der Waals surface area contributed by atoms with Crippen molar-refractivity contribution in [1.82, 2.24) is 15.2 Å². The summed E-state index contributed by atoms with van der Waals surface area (Å²) in [7, 11) is 0. The van der Waals surface area contributed by atoms with Crippen molar-refractivity contribution in [2.24, 2.45) is 10.9 Å². The number of pyridine rings is 1. The molecular formula is C14H17N5O2. The number of nitrogens with two attached hydrogens (primary N) is 1. The van der Waals surface area contributed by atoms with E-state index in [9.17, 15) is 0 Å². The zero-order valence-corrected chi connectivity index (χ0v) is 11.9. The van der Waals surface area contributed by atoms with Crippen LogP contribution < -0.4 is 10.5 Å². The molecule has 2 rings (SSSR count). The van der Waals surface area contributed by atoms with Crippen molar-refractivity contribution in [3.63, 3.8) is 0 Å². The second kappa shape index (κ2) is 6.65. The zero-order valence-electron chi connectivity index (χ0n) is 11.9. The Hall–Kier alpha value is -2.70. The zero-order chi connectivity index (χ0) is 15.2. The lowest BCUT2D eigenvalue weighted by molar-refractivity contribution is 0.300. The van der Waals surface area contributed by atoms with Crippen LogP contribution >= 0.6 is 0 Å². The maximum Gasteiger partial charge on any atom is 0.244 e. The number of oxime groups is 1. The fourth-order valence-corrected chi connectivity index (χ4v) is 1.84. The second-order valence-electron chi connectivity index (χ2n) is 4.50. The molecular weight excluding hydrogens is 270 g/mol. The smallest absolute Gasteiger partial charge is 0.244 e. The Morgan fingerprint density at radius 2 is 2.14 bits per heavy atom. The Morgan fingerprint density at radius 1 is 1.33 bits per heavy atom. The standard InChI is InChI=1S/C14H17N5O2/c1-9-10(2)17-18-14(12(9)13(15)19-20)21-8-6-11-5-3-4-7-16-11/h3-5,7,20H,6,8H2,1-2H3,(H2,15,19). The molecule has 7 heteroatoms. The highest BCUT2D eigenvalue weighted by atomic mass is 16.5. The van der Waals surface area contributed by atoms with Gasteiger partial charge in [0.05, 0.1) is 17.9 Å². The molecule has 0 saturated carbocycles. The minimum atomic E-state index is -0.0432. The summed E-state index contributed by atoms with van der Waals surface area (Å²) in [6.07, 6.45) is 2.36. The van der Waals surface area contributed by atoms with Crippen molar-refractivity contribution in [1.29, 1.82) is 0 Å². The SMILES string of the molecule is Cc1nnc(OCCc2ccccn2)c(/C(N)=N/O)c1C. The average Bonchev–Trinajstić information content (AvgIpc) is 2.51. The Morgan fingerprint density at radius 3 is 2.81 bits per heavy atom. The summed E-state index contributed by atoms with van der Waals surface area (Å²) in [4.78, 5) is 4.21. The molecule has 0 aliphatic carbocycles. The van der Waals surface area contributed by atoms with Crippen LogP contribution in [0.1, 0.15) is 22.5 Å². The van der Waals surface area contributed by atoms with Crippen molar-refractivity contribution in [2.45, 2.75) is 20.3 Å². The molecule has 0 aliphatic heterocycles. The largest absolute Gasteiger partial charge is 0.476 e. The van der Waals surface area contributed by atoms with Crippen LogP contribution in [0.5, 0.6) is 5.88 Å². The monoisotopic (exact) mass is 287 g/mol. The van der Waals surface area contributed by atoms with Gasteiger partial charge in [-0.1, -0.05) is 11.2 Å². The molecule has 0 amide bonds. The number of ether oxygens (including phenoxy) is 1. The lowest BCUT2D eigenvalue weighted by Gasteiger charge is -2.12. The Kier molecular flexibility index (Phi) is 4.65. The topological polar surface area (TPSA) is 107 Å². The maximum absolute atomic E-state index is 8.88. The summed E-state index contributed by atoms with van der Waals surface area (Å²) < 4.78 is 5.61. The molecule has 0 bridgehead atoms. The molecule has 2 aromatic rings. The molecule has 0 atom stereocenters. The van der Waals surface area contributed by atoms with Crippen LogP contribution in [-0.4, -0.2) is 32.8 Å². The van der Waals surface area contributed by atoms with E-state index < -0.39 is 0 Å². The van der Waals surface area contributed by atoms with Crippen LogP contribution in [0.3, 0.4) is 0 Å². The molecule has 0 saturated heterocycles. The van der Waals surface area contributed by atoms with Crippen LogP contribution in [0.25, 0.3) is 0 Å². The van der Waals surface area contributed by atoms with E-state index in [0.29, 0.717) is 24.3 Å². The van der Waals surface area contributed by atoms with Crippen molar-refractivity contribution in [3.8, 4) is 5.88 Å². The average molecular weight is 287 g/mol. The van der Waals surface area contributed by atoms with Crippen LogP contribution in [0, 0.1) is 13.8 Å². The van der Waals surface area contributed by atoms with Gasteiger partial charge in [0.25, 0.3) is 0 Å². The summed E-state index contributed by atoms with van der Waals surface area (Å²) in [6, 6.07) is 5.69. The normalized spacial score (nSPS) is 11.4. The van der Waals surface area contributed by atoms with E-state index in [4.69, 9.17) is 15.7 Å². The van der Waals surface area contributed by atoms with Gasteiger partial charge in [0, 0.05) is 18.3 Å². The highest BCUT2D eigenvalue weighted by molar-refractivity contribution is 6.00. The highest BCUT2D eigenvalue weighted by Gasteiger charge is 2.16. The van der Waals surface area contributed by atoms with Gasteiger partial charge in [0.2, 0.25) is 5.88 Å². The van der Waals surface area contributed by atoms with Crippen molar-refractivity contribution in [2.75, 3.05) is 6.61 Å². The minimum absolute atomic E-state index is 0.0432. The Bertz CT molecular complexity index is 643. The van der Waals surface area contributed by atoms with Gasteiger partial charge < -0.3 is 15.7 Å². The van der Waals surface area contributed by atoms with Gasteiger partial charge in [-0.05, 0) is 31.5 Å². The summed E-state index contributed by atoms with van der Waals surface area (Å²) in [5.74, 6) is 0.211. The molecule has 0 radical (unpaired) electrons. The first-order valence-electron chi connectivity index (χ1n) is 6.48. The third-order valence-electron chi connectivity index (χ3n) is 3.11. The molecule has 0 spiro atoms. The summed E-state index contributed by atoms with van der Waals surface area (Å²) in [6.45, 7) is 4.00. The fraction of sp³-hybridized carbons (Fsp3) is 0.286. The second-order valence-corrected chi connectivity index (χ2v) is 4.50. The van der Waals surface area contributed by atoms with E-state index in [0.717, 1.165) is 11.3 Å². The molecule has 3 N–H and O–H groups in total. The Balaban J connectivity index is 2.15. The molecule has 7 nitrogen and oxygen atoms in total. The minimum Gasteiger partial charge on any atom is -0.476 e. The third-order valence-corrected chi connectivity index (χ3v) is 3.11. The van der Waals surface area contributed by atoms with Crippen LogP contribution in [-0.2, 0) is 6.42 Å². The summed E-state index contributed by atoms with van der Waals surface area (Å²) in [5, 5.41) is 19.9. The first-order valence-corrected chi connectivity index (χ1v) is 6.48. The first-order chi connectivity index (χ1) is 10.1. The van der Waals surface area contributed by atoms with E-state index in [-0.39, 0.29) is 11.7 Å². The molecule has 21 heavy (non-hydrogen) atoms. The third kappa shape index (κ3) is 3.44. The van der Waals surface area contributed by atoms with Gasteiger partial charge in [-0.3, -0.25) is 4.98 Å². The molecule has 0 aliphatic rings. The van der Waals surface area contributed by atoms with Crippen molar-refractivity contribution in [3.05, 3.63) is 46.9 Å². The van der Waals surface area contributed by atoms with Crippen LogP contribution in [0.2, 0.25) is 0 Å². The summed E-state index contributed by atoms with van der Waals surface area (Å²) >= 11 is 0. The van der Waals surface area contributed by atoms with E-state index in [1.165, 1.54) is 0 Å². The highest BCUT2D eigenvalue weighted by Crippen LogP contribution is 2.20. The number of rotatable bonds is 5. The van der Waals surface area contributed by atoms with Crippen LogP contribution in [0.4, 0.5) is 0 Å². The number of amidine groups is 1. The quantitative estimate of drug-likeness (QED) is 0.370. The predicted molar refractivity (Wildman–Crippen MR) is 77.5 cm³/mol. The van der Waals surface area contributed by atoms with E-state index in [1.54, 1.807) is 13.1 Å². The maximum atomic E-state index is 8.88. The van der Waals surface area contributed by atoms with Gasteiger partial charge in [-0.25, -0.2) is 0 Å². The molecule has 110 valence electrons. The van der Waals surface area contributed by atoms with Gasteiger partial charge in [-0.2, -0.15) is 5.10 Å². The number of aryl methyl sites for hydroxylation is 1. The number of nitrogens with zero attached hydrogens (tertiary/aromatic N) is 4. The number of hydrogen-bond donors (Lipinski definition) is 2. The Labute approximate surface area is 122 Å².